The predicted octanol–water partition coefficient (Wildman–Crippen LogP) is -0.192. The van der Waals surface area contributed by atoms with E-state index in [0.717, 1.165) is 19.3 Å². The number of carbonyl (C=O) groups excluding carboxylic acids is 1. The van der Waals surface area contributed by atoms with E-state index in [4.69, 9.17) is 22.4 Å². The van der Waals surface area contributed by atoms with Crippen LogP contribution in [-0.4, -0.2) is 64.3 Å². The molecule has 1 fully saturated rings. The zero-order valence-electron chi connectivity index (χ0n) is 12.6. The maximum Gasteiger partial charge on any atom is 0.240 e. The van der Waals surface area contributed by atoms with E-state index in [1.165, 1.54) is 0 Å². The van der Waals surface area contributed by atoms with Crippen molar-refractivity contribution in [2.24, 2.45) is 17.2 Å². The van der Waals surface area contributed by atoms with Gasteiger partial charge in [0.2, 0.25) is 5.91 Å². The van der Waals surface area contributed by atoms with Crippen LogP contribution in [0.3, 0.4) is 0 Å². The highest BCUT2D eigenvalue weighted by Crippen LogP contribution is 2.16. The Kier molecular flexibility index (Phi) is 11.2. The highest BCUT2D eigenvalue weighted by atomic mass is 35.5. The average Bonchev–Trinajstić information content (AvgIpc) is 2.77. The van der Waals surface area contributed by atoms with Crippen LogP contribution in [0, 0.1) is 5.21 Å². The normalized spacial score (nSPS) is 18.9. The van der Waals surface area contributed by atoms with Crippen LogP contribution < -0.4 is 17.2 Å². The van der Waals surface area contributed by atoms with Crippen molar-refractivity contribution in [3.05, 3.63) is 5.21 Å². The van der Waals surface area contributed by atoms with Gasteiger partial charge in [-0.1, -0.05) is 0 Å². The minimum absolute atomic E-state index is 0. The van der Waals surface area contributed by atoms with Crippen molar-refractivity contribution < 1.29 is 14.8 Å². The van der Waals surface area contributed by atoms with Crippen LogP contribution in [0.5, 0.6) is 0 Å². The highest BCUT2D eigenvalue weighted by molar-refractivity contribution is 7.99. The van der Waals surface area contributed by atoms with Crippen LogP contribution in [0.25, 0.3) is 0 Å². The Labute approximate surface area is 147 Å². The second-order valence-electron chi connectivity index (χ2n) is 5.58. The van der Waals surface area contributed by atoms with Crippen LogP contribution in [0.2, 0.25) is 0 Å². The first kappa shape index (κ1) is 24.4. The van der Waals surface area contributed by atoms with Gasteiger partial charge in [-0.3, -0.25) is 4.79 Å². The van der Waals surface area contributed by atoms with Crippen molar-refractivity contribution in [1.29, 1.82) is 0 Å². The Morgan fingerprint density at radius 1 is 1.50 bits per heavy atom. The molecule has 8 nitrogen and oxygen atoms in total. The summed E-state index contributed by atoms with van der Waals surface area (Å²) in [6.07, 6.45) is 1.31. The van der Waals surface area contributed by atoms with Crippen molar-refractivity contribution in [3.8, 4) is 0 Å². The lowest BCUT2D eigenvalue weighted by atomic mass is 10.0. The molecule has 0 aliphatic carbocycles. The van der Waals surface area contributed by atoms with E-state index in [1.807, 2.05) is 0 Å². The number of nitrogens with two attached hydrogens (primary N) is 3. The molecular formula is C11H27Cl2N5O3S. The number of hydrogen-bond acceptors (Lipinski definition) is 7. The molecule has 0 aromatic heterocycles. The topological polar surface area (TPSA) is 142 Å². The van der Waals surface area contributed by atoms with Crippen molar-refractivity contribution in [2.45, 2.75) is 31.0 Å². The third kappa shape index (κ3) is 9.33. The summed E-state index contributed by atoms with van der Waals surface area (Å²) in [7, 11) is 1.06. The lowest BCUT2D eigenvalue weighted by molar-refractivity contribution is -1.05. The SMILES string of the molecule is C[N+]([O-])(O)CC(N)(N)CCC[C@H](N)C(=O)N1CCSC1.Cl.Cl. The van der Waals surface area contributed by atoms with Gasteiger partial charge in [-0.2, -0.15) is 0 Å². The zero-order valence-corrected chi connectivity index (χ0v) is 15.1. The molecule has 0 saturated carbocycles. The third-order valence-corrected chi connectivity index (χ3v) is 4.09. The van der Waals surface area contributed by atoms with Crippen LogP contribution >= 0.6 is 36.6 Å². The molecule has 0 spiro atoms. The van der Waals surface area contributed by atoms with Crippen molar-refractivity contribution in [2.75, 3.05) is 31.8 Å². The first-order chi connectivity index (χ1) is 9.11. The molecule has 1 amide bonds. The Morgan fingerprint density at radius 2 is 2.09 bits per heavy atom. The predicted molar refractivity (Wildman–Crippen MR) is 92.7 cm³/mol. The molecule has 22 heavy (non-hydrogen) atoms. The summed E-state index contributed by atoms with van der Waals surface area (Å²) in [5, 5.41) is 20.3. The van der Waals surface area contributed by atoms with E-state index < -0.39 is 16.5 Å². The van der Waals surface area contributed by atoms with E-state index in [0.29, 0.717) is 25.1 Å². The van der Waals surface area contributed by atoms with Gasteiger partial charge in [0.15, 0.2) is 0 Å². The van der Waals surface area contributed by atoms with Gasteiger partial charge < -0.3 is 27.3 Å². The molecule has 1 rings (SSSR count). The van der Waals surface area contributed by atoms with Crippen LogP contribution in [0.15, 0.2) is 0 Å². The number of likely N-dealkylation sites (N-methyl/N-ethyl adjacent to an activating group) is 1. The molecule has 0 aromatic carbocycles. The van der Waals surface area contributed by atoms with E-state index in [9.17, 15) is 10.0 Å². The highest BCUT2D eigenvalue weighted by Gasteiger charge is 2.28. The average molecular weight is 380 g/mol. The van der Waals surface area contributed by atoms with Gasteiger partial charge in [-0.25, -0.2) is 10.0 Å². The monoisotopic (exact) mass is 379 g/mol. The van der Waals surface area contributed by atoms with Gasteiger partial charge in [-0.15, -0.1) is 36.6 Å². The third-order valence-electron chi connectivity index (χ3n) is 3.13. The van der Waals surface area contributed by atoms with Crippen LogP contribution in [0.4, 0.5) is 0 Å². The minimum atomic E-state index is -1.52. The molecule has 0 aromatic rings. The smallest absolute Gasteiger partial charge is 0.240 e. The number of rotatable bonds is 7. The standard InChI is InChI=1S/C11H25N5O3S.2ClH/c1-16(18,19)7-11(13,14)4-2-3-9(12)10(17)15-5-6-20-8-15;;/h9,18H,2-8,12-14H2,1H3;2*1H/t9-;;/m0../s1. The number of hydrogen-bond donors (Lipinski definition) is 4. The number of hydroxylamine groups is 4. The number of quaternary nitrogens is 1. The molecule has 1 unspecified atom stereocenters. The van der Waals surface area contributed by atoms with Crippen molar-refractivity contribution in [1.82, 2.24) is 4.90 Å². The van der Waals surface area contributed by atoms with Gasteiger partial charge in [0.1, 0.15) is 12.2 Å². The maximum absolute atomic E-state index is 12.0. The molecule has 1 saturated heterocycles. The van der Waals surface area contributed by atoms with Gasteiger partial charge in [0, 0.05) is 12.3 Å². The summed E-state index contributed by atoms with van der Waals surface area (Å²) in [4.78, 5) is 12.2. The van der Waals surface area contributed by atoms with E-state index in [1.54, 1.807) is 16.7 Å². The fraction of sp³-hybridized carbons (Fsp3) is 0.909. The molecule has 1 heterocycles. The summed E-state index contributed by atoms with van der Waals surface area (Å²) in [6, 6.07) is -0.563. The molecule has 2 atom stereocenters. The van der Waals surface area contributed by atoms with Crippen molar-refractivity contribution >= 4 is 42.5 Å². The van der Waals surface area contributed by atoms with Gasteiger partial charge in [0.05, 0.1) is 19.0 Å². The summed E-state index contributed by atoms with van der Waals surface area (Å²) >= 11 is 1.71. The van der Waals surface area contributed by atoms with E-state index in [2.05, 4.69) is 0 Å². The molecule has 0 radical (unpaired) electrons. The Bertz CT molecular complexity index is 338. The van der Waals surface area contributed by atoms with E-state index in [-0.39, 0.29) is 37.3 Å². The minimum Gasteiger partial charge on any atom is -0.599 e. The fourth-order valence-corrected chi connectivity index (χ4v) is 3.18. The fourth-order valence-electron chi connectivity index (χ4n) is 2.22. The lowest BCUT2D eigenvalue weighted by Crippen LogP contribution is -2.60. The number of halogens is 2. The largest absolute Gasteiger partial charge is 0.599 e. The van der Waals surface area contributed by atoms with Crippen molar-refractivity contribution in [3.63, 3.8) is 0 Å². The Balaban J connectivity index is 0. The van der Waals surface area contributed by atoms with Gasteiger partial charge >= 0.3 is 0 Å². The number of thioether (sulfide) groups is 1. The van der Waals surface area contributed by atoms with E-state index >= 15 is 0 Å². The first-order valence-corrected chi connectivity index (χ1v) is 7.75. The zero-order chi connectivity index (χ0) is 15.4. The second-order valence-corrected chi connectivity index (χ2v) is 6.65. The quantitative estimate of drug-likeness (QED) is 0.272. The molecule has 7 N–H and O–H groups in total. The summed E-state index contributed by atoms with van der Waals surface area (Å²) in [5.41, 5.74) is 16.1. The molecular weight excluding hydrogens is 353 g/mol. The molecule has 11 heteroatoms. The molecule has 134 valence electrons. The Hall–Kier alpha value is 0.160. The van der Waals surface area contributed by atoms with Gasteiger partial charge in [-0.05, 0) is 19.3 Å². The second kappa shape index (κ2) is 10.1. The Morgan fingerprint density at radius 3 is 2.55 bits per heavy atom. The maximum atomic E-state index is 12.0. The number of amides is 1. The molecule has 1 aliphatic heterocycles. The number of nitrogens with zero attached hydrogens (tertiary/aromatic N) is 2. The summed E-state index contributed by atoms with van der Waals surface area (Å²) in [5.74, 6) is 1.59. The van der Waals surface area contributed by atoms with Gasteiger partial charge in [0.25, 0.3) is 0 Å². The summed E-state index contributed by atoms with van der Waals surface area (Å²) in [6.45, 7) is 0.435. The molecule has 1 aliphatic rings. The van der Waals surface area contributed by atoms with Crippen LogP contribution in [-0.2, 0) is 4.79 Å². The first-order valence-electron chi connectivity index (χ1n) is 6.60. The lowest BCUT2D eigenvalue weighted by Gasteiger charge is -2.36. The van der Waals surface area contributed by atoms with Crippen LogP contribution in [0.1, 0.15) is 19.3 Å². The number of carbonyl (C=O) groups is 1. The summed E-state index contributed by atoms with van der Waals surface area (Å²) < 4.78 is 0. The molecule has 0 bridgehead atoms.